The fourth-order valence-corrected chi connectivity index (χ4v) is 8.72. The van der Waals surface area contributed by atoms with E-state index in [1.54, 1.807) is 39.0 Å². The number of carbonyl (C=O) groups is 3. The number of aromatic nitrogens is 2. The maximum atomic E-state index is 14.6. The number of fused-ring (bicyclic) bond motifs is 3. The zero-order valence-electron chi connectivity index (χ0n) is 28.0. The molecule has 0 saturated carbocycles. The van der Waals surface area contributed by atoms with Crippen molar-refractivity contribution in [2.45, 2.75) is 56.4 Å². The first kappa shape index (κ1) is 36.0. The second-order valence-electron chi connectivity index (χ2n) is 13.7. The van der Waals surface area contributed by atoms with Gasteiger partial charge in [0.25, 0.3) is 11.8 Å². The van der Waals surface area contributed by atoms with Crippen LogP contribution >= 0.6 is 0 Å². The largest absolute Gasteiger partial charge is 0.522 e. The number of amides is 3. The molecule has 2 aromatic heterocycles. The molecule has 0 radical (unpaired) electrons. The van der Waals surface area contributed by atoms with Crippen LogP contribution in [0.3, 0.4) is 0 Å². The minimum atomic E-state index is -4.91. The van der Waals surface area contributed by atoms with Gasteiger partial charge in [0.2, 0.25) is 10.0 Å². The lowest BCUT2D eigenvalue weighted by atomic mass is 9.84. The first-order chi connectivity index (χ1) is 23.8. The van der Waals surface area contributed by atoms with E-state index in [1.807, 2.05) is 0 Å². The molecule has 3 aliphatic rings. The van der Waals surface area contributed by atoms with Crippen LogP contribution < -0.4 is 5.32 Å². The first-order valence-corrected chi connectivity index (χ1v) is 17.4. The molecule has 3 amide bonds. The van der Waals surface area contributed by atoms with Crippen LogP contribution in [0.25, 0.3) is 11.0 Å². The van der Waals surface area contributed by atoms with Gasteiger partial charge in [0.1, 0.15) is 27.5 Å². The molecule has 3 aromatic rings. The number of nitrogens with one attached hydrogen (secondary N) is 1. The third kappa shape index (κ3) is 6.37. The van der Waals surface area contributed by atoms with Gasteiger partial charge < -0.3 is 14.5 Å². The van der Waals surface area contributed by atoms with E-state index in [2.05, 4.69) is 15.0 Å². The minimum absolute atomic E-state index is 0.0223. The SMILES string of the molecule is CC(C)(C)OC(=O)Nc1ccc2c(ccn2S(=O)(=O)[C@@]2(C)C=CC=CC2CN2C(=O)c3cc(F)ccc3C23CCN(CCOC(F)(F)F)C3=O)n1. The van der Waals surface area contributed by atoms with Gasteiger partial charge in [-0.3, -0.25) is 19.6 Å². The molecule has 1 saturated heterocycles. The van der Waals surface area contributed by atoms with E-state index in [0.717, 1.165) is 21.0 Å². The number of rotatable bonds is 8. The van der Waals surface area contributed by atoms with Gasteiger partial charge in [0, 0.05) is 49.3 Å². The second-order valence-corrected chi connectivity index (χ2v) is 15.9. The number of pyridine rings is 1. The van der Waals surface area contributed by atoms with Crippen molar-refractivity contribution in [1.82, 2.24) is 18.8 Å². The van der Waals surface area contributed by atoms with E-state index in [1.165, 1.54) is 48.4 Å². The van der Waals surface area contributed by atoms with Crippen molar-refractivity contribution in [2.75, 3.05) is 31.6 Å². The monoisotopic (exact) mass is 733 g/mol. The molecule has 1 N–H and O–H groups in total. The molecule has 6 rings (SSSR count). The Hall–Kier alpha value is -4.77. The van der Waals surface area contributed by atoms with Crippen LogP contribution in [0.2, 0.25) is 0 Å². The summed E-state index contributed by atoms with van der Waals surface area (Å²) < 4.78 is 90.2. The predicted molar refractivity (Wildman–Crippen MR) is 176 cm³/mol. The van der Waals surface area contributed by atoms with Crippen LogP contribution in [0.4, 0.5) is 28.2 Å². The molecule has 4 heterocycles. The third-order valence-corrected chi connectivity index (χ3v) is 11.7. The molecule has 12 nitrogen and oxygen atoms in total. The van der Waals surface area contributed by atoms with Crippen LogP contribution in [0.1, 0.15) is 50.0 Å². The maximum absolute atomic E-state index is 14.6. The average molecular weight is 734 g/mol. The number of carbonyl (C=O) groups excluding carboxylic acids is 3. The highest BCUT2D eigenvalue weighted by Gasteiger charge is 2.61. The van der Waals surface area contributed by atoms with Crippen LogP contribution in [-0.2, 0) is 29.8 Å². The standard InChI is InChI=1S/C34H35F4N5O7S/c1-31(2,3)50-30(46)40-27-11-10-26-25(39-27)12-15-43(26)51(47,48)32(4)13-6-5-7-21(32)20-42-28(44)23-19-22(35)8-9-24(23)33(42)14-16-41(29(33)45)17-18-49-34(36,37)38/h5-13,15,19,21H,14,16-18,20H2,1-4H3,(H,39,40,46)/t21?,32-,33?/m0/s1. The highest BCUT2D eigenvalue weighted by molar-refractivity contribution is 7.91. The molecule has 272 valence electrons. The first-order valence-electron chi connectivity index (χ1n) is 16.0. The van der Waals surface area contributed by atoms with Crippen molar-refractivity contribution in [1.29, 1.82) is 0 Å². The molecule has 1 aliphatic carbocycles. The van der Waals surface area contributed by atoms with E-state index in [4.69, 9.17) is 4.74 Å². The number of ether oxygens (including phenoxy) is 2. The van der Waals surface area contributed by atoms with Crippen LogP contribution in [0.15, 0.2) is 66.9 Å². The summed E-state index contributed by atoms with van der Waals surface area (Å²) in [5.41, 5.74) is -1.91. The molecule has 1 aromatic carbocycles. The normalized spacial score (nSPS) is 23.5. The Balaban J connectivity index is 1.32. The lowest BCUT2D eigenvalue weighted by molar-refractivity contribution is -0.324. The summed E-state index contributed by atoms with van der Waals surface area (Å²) in [5.74, 6) is -2.95. The summed E-state index contributed by atoms with van der Waals surface area (Å²) in [7, 11) is -4.36. The molecule has 17 heteroatoms. The van der Waals surface area contributed by atoms with Gasteiger partial charge in [-0.2, -0.15) is 0 Å². The Bertz CT molecular complexity index is 2090. The topological polar surface area (TPSA) is 140 Å². The zero-order valence-corrected chi connectivity index (χ0v) is 28.8. The van der Waals surface area contributed by atoms with Gasteiger partial charge >= 0.3 is 12.5 Å². The van der Waals surface area contributed by atoms with Crippen LogP contribution in [0.5, 0.6) is 0 Å². The summed E-state index contributed by atoms with van der Waals surface area (Å²) >= 11 is 0. The minimum Gasteiger partial charge on any atom is -0.444 e. The Kier molecular flexibility index (Phi) is 8.81. The number of halogens is 4. The van der Waals surface area contributed by atoms with Gasteiger partial charge in [-0.15, -0.1) is 13.2 Å². The van der Waals surface area contributed by atoms with Gasteiger partial charge in [-0.1, -0.05) is 30.4 Å². The molecule has 51 heavy (non-hydrogen) atoms. The van der Waals surface area contributed by atoms with Crippen LogP contribution in [0, 0.1) is 11.7 Å². The Morgan fingerprint density at radius 2 is 1.84 bits per heavy atom. The number of allylic oxidation sites excluding steroid dienone is 2. The maximum Gasteiger partial charge on any atom is 0.522 e. The fraction of sp³-hybridized carbons (Fsp3) is 0.412. The number of nitrogens with zero attached hydrogens (tertiary/aromatic N) is 4. The van der Waals surface area contributed by atoms with E-state index in [9.17, 15) is 40.4 Å². The van der Waals surface area contributed by atoms with Crippen molar-refractivity contribution >= 4 is 44.8 Å². The summed E-state index contributed by atoms with van der Waals surface area (Å²) in [6.07, 6.45) is 1.89. The molecule has 2 unspecified atom stereocenters. The summed E-state index contributed by atoms with van der Waals surface area (Å²) in [5, 5.41) is 2.52. The average Bonchev–Trinajstić information content (AvgIpc) is 3.66. The van der Waals surface area contributed by atoms with Crippen LogP contribution in [-0.4, -0.2) is 88.0 Å². The zero-order chi connectivity index (χ0) is 37.1. The third-order valence-electron chi connectivity index (χ3n) is 9.32. The molecule has 2 aliphatic heterocycles. The van der Waals surface area contributed by atoms with E-state index >= 15 is 0 Å². The lowest BCUT2D eigenvalue weighted by Gasteiger charge is -2.41. The quantitative estimate of drug-likeness (QED) is 0.307. The van der Waals surface area contributed by atoms with Gasteiger partial charge in [-0.25, -0.2) is 26.6 Å². The van der Waals surface area contributed by atoms with Crippen molar-refractivity contribution in [3.05, 3.63) is 83.8 Å². The van der Waals surface area contributed by atoms with E-state index in [-0.39, 0.29) is 47.5 Å². The van der Waals surface area contributed by atoms with E-state index in [0.29, 0.717) is 0 Å². The number of hydrogen-bond donors (Lipinski definition) is 1. The van der Waals surface area contributed by atoms with Crippen molar-refractivity contribution in [2.24, 2.45) is 5.92 Å². The summed E-state index contributed by atoms with van der Waals surface area (Å²) in [6, 6.07) is 7.78. The number of hydrogen-bond acceptors (Lipinski definition) is 8. The molecule has 0 bridgehead atoms. The number of benzene rings is 1. The summed E-state index contributed by atoms with van der Waals surface area (Å²) in [4.78, 5) is 47.1. The number of likely N-dealkylation sites (tertiary alicyclic amines) is 1. The molecular formula is C34H35F4N5O7S. The van der Waals surface area contributed by atoms with Crippen molar-refractivity contribution < 1.29 is 49.8 Å². The second kappa shape index (κ2) is 12.5. The highest BCUT2D eigenvalue weighted by Crippen LogP contribution is 2.48. The number of anilines is 1. The summed E-state index contributed by atoms with van der Waals surface area (Å²) in [6.45, 7) is 4.99. The Morgan fingerprint density at radius 3 is 2.55 bits per heavy atom. The highest BCUT2D eigenvalue weighted by atomic mass is 32.2. The Labute approximate surface area is 290 Å². The van der Waals surface area contributed by atoms with Gasteiger partial charge in [0.15, 0.2) is 0 Å². The molecular weight excluding hydrogens is 698 g/mol. The molecule has 1 spiro atoms. The van der Waals surface area contributed by atoms with Crippen molar-refractivity contribution in [3.63, 3.8) is 0 Å². The van der Waals surface area contributed by atoms with E-state index < -0.39 is 75.1 Å². The fourth-order valence-electron chi connectivity index (χ4n) is 6.88. The molecule has 3 atom stereocenters. The smallest absolute Gasteiger partial charge is 0.444 e. The van der Waals surface area contributed by atoms with Gasteiger partial charge in [-0.05, 0) is 58.0 Å². The predicted octanol–water partition coefficient (Wildman–Crippen LogP) is 5.32. The Morgan fingerprint density at radius 1 is 1.10 bits per heavy atom. The number of alkyl halides is 3. The van der Waals surface area contributed by atoms with Gasteiger partial charge in [0.05, 0.1) is 17.6 Å². The lowest BCUT2D eigenvalue weighted by Crippen LogP contribution is -2.55. The van der Waals surface area contributed by atoms with Crippen molar-refractivity contribution in [3.8, 4) is 0 Å². The molecule has 1 fully saturated rings.